The summed E-state index contributed by atoms with van der Waals surface area (Å²) in [6.07, 6.45) is 0. The first-order chi connectivity index (χ1) is 22.7. The van der Waals surface area contributed by atoms with Crippen LogP contribution in [0.3, 0.4) is 0 Å². The molecule has 0 spiro atoms. The quantitative estimate of drug-likeness (QED) is 0.168. The van der Waals surface area contributed by atoms with Crippen LogP contribution in [0.25, 0.3) is 33.4 Å². The van der Waals surface area contributed by atoms with Crippen LogP contribution >= 0.6 is 0 Å². The highest BCUT2D eigenvalue weighted by molar-refractivity contribution is 6.02. The molecule has 0 N–H and O–H groups in total. The van der Waals surface area contributed by atoms with Gasteiger partial charge in [-0.1, -0.05) is 6.07 Å². The molecule has 0 unspecified atom stereocenters. The van der Waals surface area contributed by atoms with Crippen molar-refractivity contribution < 1.29 is 55.9 Å². The number of fused-ring (bicyclic) bond motifs is 3. The summed E-state index contributed by atoms with van der Waals surface area (Å²) in [6.45, 7) is 2.93. The summed E-state index contributed by atoms with van der Waals surface area (Å²) in [6, 6.07) is 9.52. The van der Waals surface area contributed by atoms with Gasteiger partial charge in [-0.25, -0.2) is 8.78 Å². The molecule has 12 nitrogen and oxygen atoms in total. The smallest absolute Gasteiger partial charge is 0.325 e. The molecule has 2 aromatic rings. The number of nitrogens with zero attached hydrogens (tertiary/aromatic N) is 1. The zero-order chi connectivity index (χ0) is 33.3. The minimum atomic E-state index is -1.02. The average Bonchev–Trinajstić information content (AvgIpc) is 3.05. The maximum atomic E-state index is 15.4. The van der Waals surface area contributed by atoms with Crippen molar-refractivity contribution in [2.24, 2.45) is 0 Å². The third-order valence-electron chi connectivity index (χ3n) is 7.17. The van der Waals surface area contributed by atoms with Gasteiger partial charge in [0.2, 0.25) is 12.2 Å². The summed E-state index contributed by atoms with van der Waals surface area (Å²) < 4.78 is 73.9. The predicted octanol–water partition coefficient (Wildman–Crippen LogP) is 4.16. The monoisotopic (exact) mass is 657 g/mol. The minimum absolute atomic E-state index is 0.0357. The number of rotatable bonds is 6. The van der Waals surface area contributed by atoms with E-state index in [1.807, 2.05) is 0 Å². The van der Waals surface area contributed by atoms with Crippen LogP contribution in [0.15, 0.2) is 51.7 Å². The molecule has 47 heavy (non-hydrogen) atoms. The standard InChI is InChI=1S/C33H33F2NO11/c1-20(37)45-19-46-30-17-29-23(15-25(30)35)33(22-14-24(34)27(38)16-28(22)47-29)21-3-4-26-31(13-21)44-12-11-43-10-9-42-8-7-41-6-5-36(26)18-32(39)40-2/h3-4,13-17H,5-12,18-19H2,1-2H3. The van der Waals surface area contributed by atoms with Crippen molar-refractivity contribution in [2.75, 3.05) is 78.1 Å². The number of carbonyl (C=O) groups is 2. The van der Waals surface area contributed by atoms with Crippen molar-refractivity contribution >= 4 is 28.6 Å². The Balaban J connectivity index is 1.65. The molecule has 0 amide bonds. The Hall–Kier alpha value is -4.79. The zero-order valence-electron chi connectivity index (χ0n) is 25.8. The molecule has 0 saturated carbocycles. The third-order valence-corrected chi connectivity index (χ3v) is 7.17. The van der Waals surface area contributed by atoms with Gasteiger partial charge in [0, 0.05) is 42.1 Å². The van der Waals surface area contributed by atoms with Crippen molar-refractivity contribution in [1.29, 1.82) is 0 Å². The van der Waals surface area contributed by atoms with Crippen LogP contribution < -0.4 is 19.8 Å². The summed E-state index contributed by atoms with van der Waals surface area (Å²) in [4.78, 5) is 37.5. The first-order valence-electron chi connectivity index (χ1n) is 14.7. The second-order valence-electron chi connectivity index (χ2n) is 10.3. The van der Waals surface area contributed by atoms with Gasteiger partial charge in [0.25, 0.3) is 0 Å². The van der Waals surface area contributed by atoms with Crippen molar-refractivity contribution in [3.05, 3.63) is 64.3 Å². The maximum absolute atomic E-state index is 15.4. The Kier molecular flexibility index (Phi) is 11.2. The van der Waals surface area contributed by atoms with Crippen molar-refractivity contribution in [3.63, 3.8) is 0 Å². The van der Waals surface area contributed by atoms with E-state index in [2.05, 4.69) is 0 Å². The number of methoxy groups -OCH3 is 1. The highest BCUT2D eigenvalue weighted by atomic mass is 19.1. The normalized spacial score (nSPS) is 14.9. The molecule has 14 heteroatoms. The number of carbonyl (C=O) groups excluding carboxylic acids is 2. The Morgan fingerprint density at radius 1 is 0.894 bits per heavy atom. The summed E-state index contributed by atoms with van der Waals surface area (Å²) >= 11 is 0. The van der Waals surface area contributed by atoms with E-state index in [0.717, 1.165) is 18.2 Å². The van der Waals surface area contributed by atoms with Crippen molar-refractivity contribution in [2.45, 2.75) is 6.92 Å². The fraction of sp³-hybridized carbons (Fsp3) is 0.364. The van der Waals surface area contributed by atoms with Gasteiger partial charge in [-0.3, -0.25) is 14.4 Å². The largest absolute Gasteiger partial charge is 0.489 e. The molecule has 0 radical (unpaired) electrons. The molecule has 250 valence electrons. The fourth-order valence-corrected chi connectivity index (χ4v) is 4.97. The molecular formula is C33H33F2NO11. The van der Waals surface area contributed by atoms with Gasteiger partial charge in [0.05, 0.1) is 52.4 Å². The molecule has 5 rings (SSSR count). The van der Waals surface area contributed by atoms with E-state index in [0.29, 0.717) is 55.5 Å². The van der Waals surface area contributed by atoms with Crippen LogP contribution in [0, 0.1) is 11.6 Å². The molecule has 2 aromatic carbocycles. The lowest BCUT2D eigenvalue weighted by Crippen LogP contribution is -2.34. The maximum Gasteiger partial charge on any atom is 0.325 e. The minimum Gasteiger partial charge on any atom is -0.489 e. The first kappa shape index (κ1) is 33.6. The molecule has 2 heterocycles. The lowest BCUT2D eigenvalue weighted by atomic mass is 9.93. The predicted molar refractivity (Wildman–Crippen MR) is 164 cm³/mol. The van der Waals surface area contributed by atoms with E-state index in [4.69, 9.17) is 37.6 Å². The van der Waals surface area contributed by atoms with Crippen LogP contribution in [0.1, 0.15) is 6.92 Å². The third kappa shape index (κ3) is 8.33. The van der Waals surface area contributed by atoms with Gasteiger partial charge in [-0.05, 0) is 29.8 Å². The molecular weight excluding hydrogens is 624 g/mol. The van der Waals surface area contributed by atoms with Gasteiger partial charge in [-0.2, -0.15) is 0 Å². The molecule has 1 aliphatic carbocycles. The number of ether oxygens (including phenoxy) is 7. The van der Waals surface area contributed by atoms with Crippen LogP contribution in [-0.2, 0) is 33.3 Å². The number of halogens is 2. The SMILES string of the molecule is COC(=O)CN1CCOCCOCCOCCOc2cc(-c3c4cc(F)c(=O)cc-4oc4cc(OCOC(C)=O)c(F)cc34)ccc21. The zero-order valence-corrected chi connectivity index (χ0v) is 25.8. The number of hydrogen-bond acceptors (Lipinski definition) is 12. The van der Waals surface area contributed by atoms with E-state index in [1.54, 1.807) is 23.1 Å². The van der Waals surface area contributed by atoms with Gasteiger partial charge >= 0.3 is 11.9 Å². The van der Waals surface area contributed by atoms with Crippen LogP contribution in [0.2, 0.25) is 0 Å². The van der Waals surface area contributed by atoms with Gasteiger partial charge < -0.3 is 42.5 Å². The average molecular weight is 658 g/mol. The first-order valence-corrected chi connectivity index (χ1v) is 14.7. The van der Waals surface area contributed by atoms with E-state index in [-0.39, 0.29) is 54.4 Å². The molecule has 0 bridgehead atoms. The summed E-state index contributed by atoms with van der Waals surface area (Å²) in [5, 5.41) is 0.230. The Morgan fingerprint density at radius 2 is 1.62 bits per heavy atom. The summed E-state index contributed by atoms with van der Waals surface area (Å²) in [5.41, 5.74) is 0.738. The number of benzene rings is 3. The Morgan fingerprint density at radius 3 is 2.34 bits per heavy atom. The van der Waals surface area contributed by atoms with Gasteiger partial charge in [-0.15, -0.1) is 0 Å². The lowest BCUT2D eigenvalue weighted by Gasteiger charge is -2.26. The van der Waals surface area contributed by atoms with E-state index in [9.17, 15) is 18.8 Å². The second-order valence-corrected chi connectivity index (χ2v) is 10.3. The highest BCUT2D eigenvalue weighted by Crippen LogP contribution is 2.44. The number of anilines is 1. The van der Waals surface area contributed by atoms with Gasteiger partial charge in [0.15, 0.2) is 17.4 Å². The number of esters is 2. The van der Waals surface area contributed by atoms with Gasteiger partial charge in [0.1, 0.15) is 30.2 Å². The topological polar surface area (TPSA) is 132 Å². The van der Waals surface area contributed by atoms with Crippen molar-refractivity contribution in [3.8, 4) is 33.9 Å². The Labute approximate surface area is 267 Å². The van der Waals surface area contributed by atoms with Crippen molar-refractivity contribution in [1.82, 2.24) is 0 Å². The second kappa shape index (κ2) is 15.7. The Bertz CT molecular complexity index is 1760. The molecule has 0 saturated heterocycles. The molecule has 2 aliphatic heterocycles. The van der Waals surface area contributed by atoms with E-state index in [1.165, 1.54) is 20.1 Å². The number of hydrogen-bond donors (Lipinski definition) is 0. The van der Waals surface area contributed by atoms with Crippen LogP contribution in [0.4, 0.5) is 14.5 Å². The lowest BCUT2D eigenvalue weighted by molar-refractivity contribution is -0.147. The molecule has 3 aliphatic rings. The van der Waals surface area contributed by atoms with E-state index >= 15 is 4.39 Å². The fourth-order valence-electron chi connectivity index (χ4n) is 4.97. The summed E-state index contributed by atoms with van der Waals surface area (Å²) in [5.74, 6) is -2.83. The molecule has 0 atom stereocenters. The molecule has 0 fully saturated rings. The summed E-state index contributed by atoms with van der Waals surface area (Å²) in [7, 11) is 1.29. The van der Waals surface area contributed by atoms with Crippen LogP contribution in [0.5, 0.6) is 11.5 Å². The highest BCUT2D eigenvalue weighted by Gasteiger charge is 2.24. The van der Waals surface area contributed by atoms with Crippen LogP contribution in [-0.4, -0.2) is 85.2 Å². The molecule has 0 aromatic heterocycles. The van der Waals surface area contributed by atoms with E-state index < -0.39 is 35.8 Å².